The van der Waals surface area contributed by atoms with Crippen molar-refractivity contribution in [1.82, 2.24) is 10.9 Å². The van der Waals surface area contributed by atoms with E-state index >= 15 is 0 Å². The van der Waals surface area contributed by atoms with Gasteiger partial charge in [0.05, 0.1) is 12.2 Å². The predicted molar refractivity (Wildman–Crippen MR) is 98.9 cm³/mol. The Morgan fingerprint density at radius 1 is 0.889 bits per heavy atom. The molecule has 0 spiro atoms. The third-order valence-electron chi connectivity index (χ3n) is 3.56. The van der Waals surface area contributed by atoms with Crippen LogP contribution in [0.15, 0.2) is 54.6 Å². The van der Waals surface area contributed by atoms with Crippen LogP contribution in [0.4, 0.5) is 0 Å². The van der Waals surface area contributed by atoms with E-state index in [1.165, 1.54) is 0 Å². The summed E-state index contributed by atoms with van der Waals surface area (Å²) in [7, 11) is 0. The molecule has 0 unspecified atom stereocenters. The van der Waals surface area contributed by atoms with E-state index < -0.39 is 11.9 Å². The molecule has 7 heteroatoms. The number of rotatable bonds is 8. The molecule has 0 aliphatic heterocycles. The molecule has 0 heterocycles. The van der Waals surface area contributed by atoms with Crippen LogP contribution in [-0.2, 0) is 20.7 Å². The Bertz CT molecular complexity index is 760. The highest BCUT2D eigenvalue weighted by molar-refractivity contribution is 5.89. The average Bonchev–Trinajstić information content (AvgIpc) is 2.70. The first-order chi connectivity index (χ1) is 13.1. The van der Waals surface area contributed by atoms with Crippen molar-refractivity contribution in [3.63, 3.8) is 0 Å². The highest BCUT2D eigenvalue weighted by Crippen LogP contribution is 2.12. The second kappa shape index (κ2) is 10.6. The lowest BCUT2D eigenvalue weighted by molar-refractivity contribution is -0.130. The molecule has 0 bridgehead atoms. The molecule has 0 aliphatic rings. The van der Waals surface area contributed by atoms with Crippen molar-refractivity contribution < 1.29 is 23.9 Å². The highest BCUT2D eigenvalue weighted by Gasteiger charge is 2.08. The molecule has 0 radical (unpaired) electrons. The molecular weight excluding hydrogens is 348 g/mol. The predicted octanol–water partition coefficient (Wildman–Crippen LogP) is 2.02. The summed E-state index contributed by atoms with van der Waals surface area (Å²) < 4.78 is 10.2. The number of hydrazine groups is 1. The second-order valence-electron chi connectivity index (χ2n) is 5.62. The van der Waals surface area contributed by atoms with Crippen LogP contribution in [0, 0.1) is 0 Å². The zero-order valence-corrected chi connectivity index (χ0v) is 15.1. The van der Waals surface area contributed by atoms with Gasteiger partial charge < -0.3 is 9.47 Å². The molecule has 2 aromatic carbocycles. The van der Waals surface area contributed by atoms with Crippen LogP contribution in [0.25, 0.3) is 0 Å². The topological polar surface area (TPSA) is 93.7 Å². The number of hydrogen-bond donors (Lipinski definition) is 2. The van der Waals surface area contributed by atoms with E-state index in [2.05, 4.69) is 10.9 Å². The van der Waals surface area contributed by atoms with Crippen molar-refractivity contribution in [2.24, 2.45) is 0 Å². The van der Waals surface area contributed by atoms with Crippen LogP contribution in [0.5, 0.6) is 5.75 Å². The van der Waals surface area contributed by atoms with Crippen molar-refractivity contribution in [3.8, 4) is 5.75 Å². The maximum Gasteiger partial charge on any atom is 0.338 e. The van der Waals surface area contributed by atoms with Gasteiger partial charge in [-0.1, -0.05) is 30.3 Å². The molecule has 0 aromatic heterocycles. The standard InChI is InChI=1S/C20H22N2O5/c1-2-26-20(25)16-9-11-17(12-10-16)27-14-19(24)22-21-18(23)13-8-15-6-4-3-5-7-15/h3-7,9-12H,2,8,13-14H2,1H3,(H,21,23)(H,22,24). The number of amides is 2. The van der Waals surface area contributed by atoms with Gasteiger partial charge in [0, 0.05) is 6.42 Å². The number of esters is 1. The average molecular weight is 370 g/mol. The number of ether oxygens (including phenoxy) is 2. The minimum absolute atomic E-state index is 0.264. The Morgan fingerprint density at radius 2 is 1.56 bits per heavy atom. The van der Waals surface area contributed by atoms with Crippen molar-refractivity contribution in [3.05, 3.63) is 65.7 Å². The molecule has 0 saturated carbocycles. The van der Waals surface area contributed by atoms with E-state index in [1.54, 1.807) is 31.2 Å². The summed E-state index contributed by atoms with van der Waals surface area (Å²) in [6, 6.07) is 15.8. The third kappa shape index (κ3) is 7.19. The van der Waals surface area contributed by atoms with Gasteiger partial charge in [-0.15, -0.1) is 0 Å². The summed E-state index contributed by atoms with van der Waals surface area (Å²) in [4.78, 5) is 35.0. The fourth-order valence-corrected chi connectivity index (χ4v) is 2.19. The number of aryl methyl sites for hydroxylation is 1. The van der Waals surface area contributed by atoms with Gasteiger partial charge in [0.1, 0.15) is 5.75 Å². The van der Waals surface area contributed by atoms with Crippen LogP contribution >= 0.6 is 0 Å². The van der Waals surface area contributed by atoms with E-state index in [4.69, 9.17) is 9.47 Å². The molecular formula is C20H22N2O5. The molecule has 0 saturated heterocycles. The number of benzene rings is 2. The Morgan fingerprint density at radius 3 is 2.22 bits per heavy atom. The Labute approximate surface area is 157 Å². The SMILES string of the molecule is CCOC(=O)c1ccc(OCC(=O)NNC(=O)CCc2ccccc2)cc1. The lowest BCUT2D eigenvalue weighted by Gasteiger charge is -2.09. The lowest BCUT2D eigenvalue weighted by Crippen LogP contribution is -2.43. The summed E-state index contributed by atoms with van der Waals surface area (Å²) >= 11 is 0. The first-order valence-corrected chi connectivity index (χ1v) is 8.60. The molecule has 2 aromatic rings. The number of hydrogen-bond acceptors (Lipinski definition) is 5. The van der Waals surface area contributed by atoms with Crippen LogP contribution < -0.4 is 15.6 Å². The fraction of sp³-hybridized carbons (Fsp3) is 0.250. The van der Waals surface area contributed by atoms with Gasteiger partial charge in [-0.3, -0.25) is 20.4 Å². The maximum atomic E-state index is 11.7. The van der Waals surface area contributed by atoms with Crippen molar-refractivity contribution >= 4 is 17.8 Å². The minimum Gasteiger partial charge on any atom is -0.484 e. The van der Waals surface area contributed by atoms with Crippen LogP contribution in [0.3, 0.4) is 0 Å². The molecule has 0 atom stereocenters. The smallest absolute Gasteiger partial charge is 0.338 e. The van der Waals surface area contributed by atoms with Crippen molar-refractivity contribution in [1.29, 1.82) is 0 Å². The molecule has 142 valence electrons. The maximum absolute atomic E-state index is 11.7. The summed E-state index contributed by atoms with van der Waals surface area (Å²) in [6.07, 6.45) is 0.854. The Kier molecular flexibility index (Phi) is 7.84. The second-order valence-corrected chi connectivity index (χ2v) is 5.62. The quantitative estimate of drug-likeness (QED) is 0.548. The van der Waals surface area contributed by atoms with E-state index in [1.807, 2.05) is 30.3 Å². The normalized spacial score (nSPS) is 9.96. The first-order valence-electron chi connectivity index (χ1n) is 8.60. The van der Waals surface area contributed by atoms with Gasteiger partial charge in [0.2, 0.25) is 5.91 Å². The van der Waals surface area contributed by atoms with Gasteiger partial charge >= 0.3 is 5.97 Å². The minimum atomic E-state index is -0.488. The third-order valence-corrected chi connectivity index (χ3v) is 3.56. The molecule has 2 N–H and O–H groups in total. The number of carbonyl (C=O) groups excluding carboxylic acids is 3. The van der Waals surface area contributed by atoms with Gasteiger partial charge in [-0.25, -0.2) is 4.79 Å². The molecule has 7 nitrogen and oxygen atoms in total. The highest BCUT2D eigenvalue weighted by atomic mass is 16.5. The van der Waals surface area contributed by atoms with Crippen LogP contribution in [-0.4, -0.2) is 31.0 Å². The van der Waals surface area contributed by atoms with Gasteiger partial charge in [0.25, 0.3) is 5.91 Å². The summed E-state index contributed by atoms with van der Waals surface area (Å²) in [5.74, 6) is -0.767. The van der Waals surface area contributed by atoms with Crippen LogP contribution in [0.1, 0.15) is 29.3 Å². The van der Waals surface area contributed by atoms with Crippen molar-refractivity contribution in [2.45, 2.75) is 19.8 Å². The largest absolute Gasteiger partial charge is 0.484 e. The first kappa shape index (κ1) is 20.0. The number of nitrogens with one attached hydrogen (secondary N) is 2. The van der Waals surface area contributed by atoms with Crippen molar-refractivity contribution in [2.75, 3.05) is 13.2 Å². The molecule has 0 fully saturated rings. The van der Waals surface area contributed by atoms with E-state index in [0.29, 0.717) is 24.3 Å². The fourth-order valence-electron chi connectivity index (χ4n) is 2.19. The van der Waals surface area contributed by atoms with Gasteiger partial charge in [-0.2, -0.15) is 0 Å². The summed E-state index contributed by atoms with van der Waals surface area (Å²) in [6.45, 7) is 1.76. The van der Waals surface area contributed by atoms with E-state index in [0.717, 1.165) is 5.56 Å². The molecule has 0 aliphatic carbocycles. The molecule has 2 rings (SSSR count). The lowest BCUT2D eigenvalue weighted by atomic mass is 10.1. The number of carbonyl (C=O) groups is 3. The summed E-state index contributed by atoms with van der Waals surface area (Å²) in [5.41, 5.74) is 6.10. The van der Waals surface area contributed by atoms with Gasteiger partial charge in [-0.05, 0) is 43.2 Å². The van der Waals surface area contributed by atoms with Gasteiger partial charge in [0.15, 0.2) is 6.61 Å². The van der Waals surface area contributed by atoms with E-state index in [-0.39, 0.29) is 18.9 Å². The monoisotopic (exact) mass is 370 g/mol. The Balaban J connectivity index is 1.66. The van der Waals surface area contributed by atoms with E-state index in [9.17, 15) is 14.4 Å². The van der Waals surface area contributed by atoms with Crippen LogP contribution in [0.2, 0.25) is 0 Å². The Hall–Kier alpha value is -3.35. The molecule has 27 heavy (non-hydrogen) atoms. The zero-order chi connectivity index (χ0) is 19.5. The summed E-state index contributed by atoms with van der Waals surface area (Å²) in [5, 5.41) is 0. The zero-order valence-electron chi connectivity index (χ0n) is 15.1. The molecule has 2 amide bonds.